The predicted molar refractivity (Wildman–Crippen MR) is 108 cm³/mol. The molecule has 32 heavy (non-hydrogen) atoms. The summed E-state index contributed by atoms with van der Waals surface area (Å²) < 4.78 is 72.9. The van der Waals surface area contributed by atoms with E-state index in [1.54, 1.807) is 9.80 Å². The molecule has 1 saturated heterocycles. The lowest BCUT2D eigenvalue weighted by Gasteiger charge is -2.36. The third kappa shape index (κ3) is 4.70. The summed E-state index contributed by atoms with van der Waals surface area (Å²) in [6.45, 7) is 2.77. The molecule has 3 rings (SSSR count). The first kappa shape index (κ1) is 24.3. The van der Waals surface area contributed by atoms with E-state index in [0.717, 1.165) is 12.1 Å². The van der Waals surface area contributed by atoms with E-state index in [1.807, 2.05) is 0 Å². The van der Waals surface area contributed by atoms with E-state index in [-0.39, 0.29) is 24.4 Å². The van der Waals surface area contributed by atoms with Crippen molar-refractivity contribution in [2.24, 2.45) is 5.92 Å². The lowest BCUT2D eigenvalue weighted by Crippen LogP contribution is -2.48. The molecule has 1 heterocycles. The van der Waals surface area contributed by atoms with Gasteiger partial charge in [-0.3, -0.25) is 9.59 Å². The standard InChI is InChI=1S/C20H25F3N2O6S/c1-12(26)24-5-7-25(8-6-24)13-3-4-18(16(9-13)20(21,22)23)32(29,30)14-10-15(19(27)28)17(11-14)31-2/h3-4,9,14-15,17H,5-8,10-11H2,1-2H3,(H,27,28)/t14-,15-,17-/m1/s1. The average molecular weight is 478 g/mol. The summed E-state index contributed by atoms with van der Waals surface area (Å²) in [4.78, 5) is 25.3. The van der Waals surface area contributed by atoms with Crippen molar-refractivity contribution in [2.75, 3.05) is 38.2 Å². The maximum absolute atomic E-state index is 13.9. The number of carbonyl (C=O) groups excluding carboxylic acids is 1. The van der Waals surface area contributed by atoms with Crippen molar-refractivity contribution in [1.82, 2.24) is 4.90 Å². The smallest absolute Gasteiger partial charge is 0.417 e. The van der Waals surface area contributed by atoms with Crippen molar-refractivity contribution >= 4 is 27.4 Å². The summed E-state index contributed by atoms with van der Waals surface area (Å²) >= 11 is 0. The van der Waals surface area contributed by atoms with Crippen molar-refractivity contribution in [1.29, 1.82) is 0 Å². The van der Waals surface area contributed by atoms with Crippen LogP contribution in [-0.4, -0.2) is 74.9 Å². The van der Waals surface area contributed by atoms with Gasteiger partial charge in [0.2, 0.25) is 5.91 Å². The molecular weight excluding hydrogens is 453 g/mol. The molecule has 1 amide bonds. The molecule has 178 valence electrons. The highest BCUT2D eigenvalue weighted by Gasteiger charge is 2.47. The number of ether oxygens (including phenoxy) is 1. The summed E-state index contributed by atoms with van der Waals surface area (Å²) in [5.41, 5.74) is -1.07. The zero-order valence-corrected chi connectivity index (χ0v) is 18.4. The van der Waals surface area contributed by atoms with Crippen molar-refractivity contribution < 1.29 is 41.0 Å². The molecule has 1 aromatic carbocycles. The van der Waals surface area contributed by atoms with Crippen LogP contribution in [-0.2, 0) is 30.3 Å². The molecule has 0 aromatic heterocycles. The maximum atomic E-state index is 13.9. The molecule has 1 N–H and O–H groups in total. The van der Waals surface area contributed by atoms with Gasteiger partial charge in [-0.25, -0.2) is 8.42 Å². The fourth-order valence-electron chi connectivity index (χ4n) is 4.37. The molecular formula is C20H25F3N2O6S. The fourth-order valence-corrected chi connectivity index (χ4v) is 6.37. The summed E-state index contributed by atoms with van der Waals surface area (Å²) in [6, 6.07) is 3.08. The number of hydrogen-bond donors (Lipinski definition) is 1. The van der Waals surface area contributed by atoms with Crippen LogP contribution in [0.15, 0.2) is 23.1 Å². The summed E-state index contributed by atoms with van der Waals surface area (Å²) in [6.07, 6.45) is -6.33. The molecule has 8 nitrogen and oxygen atoms in total. The summed E-state index contributed by atoms with van der Waals surface area (Å²) in [7, 11) is -3.22. The summed E-state index contributed by atoms with van der Waals surface area (Å²) in [5.74, 6) is -2.47. The molecule has 2 aliphatic rings. The van der Waals surface area contributed by atoms with E-state index < -0.39 is 49.7 Å². The zero-order valence-electron chi connectivity index (χ0n) is 17.6. The molecule has 1 aromatic rings. The second-order valence-electron chi connectivity index (χ2n) is 8.03. The Morgan fingerprint density at radius 1 is 1.12 bits per heavy atom. The van der Waals surface area contributed by atoms with Crippen LogP contribution >= 0.6 is 0 Å². The zero-order chi connectivity index (χ0) is 23.8. The number of aliphatic carboxylic acids is 1. The first-order chi connectivity index (χ1) is 14.9. The Hall–Kier alpha value is -2.34. The molecule has 0 radical (unpaired) electrons. The van der Waals surface area contributed by atoms with Gasteiger partial charge >= 0.3 is 12.1 Å². The van der Waals surface area contributed by atoms with Crippen LogP contribution in [0.5, 0.6) is 0 Å². The number of benzene rings is 1. The fraction of sp³-hybridized carbons (Fsp3) is 0.600. The quantitative estimate of drug-likeness (QED) is 0.691. The van der Waals surface area contributed by atoms with Crippen LogP contribution in [0, 0.1) is 5.92 Å². The third-order valence-corrected chi connectivity index (χ3v) is 8.42. The predicted octanol–water partition coefficient (Wildman–Crippen LogP) is 2.03. The maximum Gasteiger partial charge on any atom is 0.417 e. The Bertz CT molecular complexity index is 990. The minimum atomic E-state index is -4.93. The highest BCUT2D eigenvalue weighted by atomic mass is 32.2. The Morgan fingerprint density at radius 3 is 2.22 bits per heavy atom. The van der Waals surface area contributed by atoms with Crippen LogP contribution in [0.3, 0.4) is 0 Å². The lowest BCUT2D eigenvalue weighted by molar-refractivity contribution is -0.145. The molecule has 0 bridgehead atoms. The van der Waals surface area contributed by atoms with Crippen molar-refractivity contribution in [3.8, 4) is 0 Å². The first-order valence-electron chi connectivity index (χ1n) is 10.1. The Morgan fingerprint density at radius 2 is 1.75 bits per heavy atom. The number of nitrogens with zero attached hydrogens (tertiary/aromatic N) is 2. The van der Waals surface area contributed by atoms with Crippen molar-refractivity contribution in [2.45, 2.75) is 42.2 Å². The van der Waals surface area contributed by atoms with Crippen LogP contribution in [0.1, 0.15) is 25.3 Å². The summed E-state index contributed by atoms with van der Waals surface area (Å²) in [5, 5.41) is 8.01. The number of piperazine rings is 1. The van der Waals surface area contributed by atoms with E-state index in [0.29, 0.717) is 26.2 Å². The van der Waals surface area contributed by atoms with Gasteiger partial charge in [-0.05, 0) is 31.0 Å². The van der Waals surface area contributed by atoms with Crippen LogP contribution in [0.25, 0.3) is 0 Å². The number of halogens is 3. The number of amides is 1. The van der Waals surface area contributed by atoms with Crippen LogP contribution in [0.2, 0.25) is 0 Å². The van der Waals surface area contributed by atoms with Gasteiger partial charge in [0.25, 0.3) is 0 Å². The topological polar surface area (TPSA) is 104 Å². The van der Waals surface area contributed by atoms with E-state index >= 15 is 0 Å². The molecule has 1 aliphatic carbocycles. The second-order valence-corrected chi connectivity index (χ2v) is 10.2. The molecule has 0 spiro atoms. The third-order valence-electron chi connectivity index (χ3n) is 6.18. The van der Waals surface area contributed by atoms with Gasteiger partial charge in [0.1, 0.15) is 0 Å². The Balaban J connectivity index is 1.93. The van der Waals surface area contributed by atoms with E-state index in [9.17, 15) is 36.3 Å². The lowest BCUT2D eigenvalue weighted by atomic mass is 10.1. The van der Waals surface area contributed by atoms with Gasteiger partial charge in [-0.1, -0.05) is 0 Å². The van der Waals surface area contributed by atoms with Crippen molar-refractivity contribution in [3.63, 3.8) is 0 Å². The molecule has 2 fully saturated rings. The largest absolute Gasteiger partial charge is 0.481 e. The number of carboxylic acid groups (broad SMARTS) is 1. The Kier molecular flexibility index (Phi) is 6.75. The van der Waals surface area contributed by atoms with Gasteiger partial charge < -0.3 is 19.6 Å². The number of hydrogen-bond acceptors (Lipinski definition) is 6. The number of methoxy groups -OCH3 is 1. The Labute approximate surface area is 183 Å². The average Bonchev–Trinajstić information content (AvgIpc) is 3.18. The van der Waals surface area contributed by atoms with Gasteiger partial charge in [0, 0.05) is 45.9 Å². The number of anilines is 1. The minimum absolute atomic E-state index is 0.118. The molecule has 1 saturated carbocycles. The van der Waals surface area contributed by atoms with E-state index in [1.165, 1.54) is 20.1 Å². The molecule has 1 aliphatic heterocycles. The minimum Gasteiger partial charge on any atom is -0.481 e. The molecule has 3 atom stereocenters. The van der Waals surface area contributed by atoms with Gasteiger partial charge in [0.05, 0.1) is 27.7 Å². The number of carboxylic acids is 1. The normalized spacial score (nSPS) is 24.6. The monoisotopic (exact) mass is 478 g/mol. The number of rotatable bonds is 5. The second kappa shape index (κ2) is 8.89. The van der Waals surface area contributed by atoms with Crippen LogP contribution < -0.4 is 4.90 Å². The first-order valence-corrected chi connectivity index (χ1v) is 11.6. The molecule has 0 unspecified atom stereocenters. The van der Waals surface area contributed by atoms with Gasteiger partial charge in [-0.2, -0.15) is 13.2 Å². The van der Waals surface area contributed by atoms with Gasteiger partial charge in [-0.15, -0.1) is 0 Å². The van der Waals surface area contributed by atoms with E-state index in [4.69, 9.17) is 4.74 Å². The highest BCUT2D eigenvalue weighted by Crippen LogP contribution is 2.42. The highest BCUT2D eigenvalue weighted by molar-refractivity contribution is 7.92. The number of carbonyl (C=O) groups is 2. The van der Waals surface area contributed by atoms with Gasteiger partial charge in [0.15, 0.2) is 9.84 Å². The number of alkyl halides is 3. The number of sulfone groups is 1. The van der Waals surface area contributed by atoms with E-state index in [2.05, 4.69) is 0 Å². The van der Waals surface area contributed by atoms with Crippen molar-refractivity contribution in [3.05, 3.63) is 23.8 Å². The SMILES string of the molecule is CO[C@@H]1C[C@H](S(=O)(=O)c2ccc(N3CCN(C(C)=O)CC3)cc2C(F)(F)F)C[C@H]1C(=O)O. The molecule has 12 heteroatoms. The van der Waals surface area contributed by atoms with Crippen LogP contribution in [0.4, 0.5) is 18.9 Å².